The van der Waals surface area contributed by atoms with Crippen LogP contribution in [0.2, 0.25) is 0 Å². The minimum atomic E-state index is 0.394. The van der Waals surface area contributed by atoms with Crippen LogP contribution in [0.3, 0.4) is 0 Å². The molecule has 6 nitrogen and oxygen atoms in total. The molecule has 3 aliphatic heterocycles. The molecular formula is C13H19N5O. The van der Waals surface area contributed by atoms with Crippen LogP contribution in [0, 0.1) is 11.8 Å². The van der Waals surface area contributed by atoms with Crippen LogP contribution in [-0.2, 0) is 17.8 Å². The number of anilines is 2. The molecule has 3 N–H and O–H groups in total. The number of rotatable bonds is 1. The van der Waals surface area contributed by atoms with Crippen LogP contribution >= 0.6 is 0 Å². The topological polar surface area (TPSA) is 76.3 Å². The first kappa shape index (κ1) is 11.4. The second-order valence-corrected chi connectivity index (χ2v) is 5.72. The lowest BCUT2D eigenvalue weighted by Crippen LogP contribution is -2.29. The average molecular weight is 261 g/mol. The van der Waals surface area contributed by atoms with Crippen molar-refractivity contribution in [3.8, 4) is 0 Å². The van der Waals surface area contributed by atoms with Crippen LogP contribution < -0.4 is 16.0 Å². The van der Waals surface area contributed by atoms with Gasteiger partial charge in [-0.15, -0.1) is 0 Å². The third-order valence-electron chi connectivity index (χ3n) is 4.51. The van der Waals surface area contributed by atoms with Gasteiger partial charge < -0.3 is 20.7 Å². The zero-order chi connectivity index (χ0) is 12.8. The maximum atomic E-state index is 5.86. The second kappa shape index (κ2) is 4.31. The van der Waals surface area contributed by atoms with Crippen molar-refractivity contribution >= 4 is 11.8 Å². The highest BCUT2D eigenvalue weighted by Crippen LogP contribution is 2.33. The van der Waals surface area contributed by atoms with Gasteiger partial charge >= 0.3 is 0 Å². The third-order valence-corrected chi connectivity index (χ3v) is 4.51. The summed E-state index contributed by atoms with van der Waals surface area (Å²) >= 11 is 0. The number of nitrogens with two attached hydrogens (primary N) is 1. The van der Waals surface area contributed by atoms with Crippen molar-refractivity contribution in [1.82, 2.24) is 15.3 Å². The number of nitrogens with one attached hydrogen (secondary N) is 1. The quantitative estimate of drug-likeness (QED) is 0.728. The van der Waals surface area contributed by atoms with E-state index in [0.29, 0.717) is 12.6 Å². The predicted molar refractivity (Wildman–Crippen MR) is 71.9 cm³/mol. The fourth-order valence-corrected chi connectivity index (χ4v) is 3.52. The first-order valence-corrected chi connectivity index (χ1v) is 7.00. The summed E-state index contributed by atoms with van der Waals surface area (Å²) in [7, 11) is 0. The highest BCUT2D eigenvalue weighted by molar-refractivity contribution is 5.53. The molecule has 2 saturated heterocycles. The maximum absolute atomic E-state index is 5.86. The molecule has 19 heavy (non-hydrogen) atoms. The molecule has 4 heterocycles. The minimum Gasteiger partial charge on any atom is -0.376 e. The van der Waals surface area contributed by atoms with Crippen molar-refractivity contribution in [3.63, 3.8) is 0 Å². The monoisotopic (exact) mass is 261 g/mol. The van der Waals surface area contributed by atoms with Crippen molar-refractivity contribution in [1.29, 1.82) is 0 Å². The normalized spacial score (nSPS) is 29.4. The van der Waals surface area contributed by atoms with E-state index in [1.54, 1.807) is 0 Å². The van der Waals surface area contributed by atoms with E-state index < -0.39 is 0 Å². The van der Waals surface area contributed by atoms with E-state index in [4.69, 9.17) is 10.5 Å². The zero-order valence-corrected chi connectivity index (χ0v) is 10.9. The first-order valence-electron chi connectivity index (χ1n) is 7.00. The standard InChI is InChI=1S/C13H19N5O/c14-13-16-11-1-2-19-7-10(11)12(17-13)18-5-8-3-15-4-9(8)6-18/h8-9,15H,1-7H2,(H2,14,16,17). The molecule has 2 unspecified atom stereocenters. The number of hydrogen-bond acceptors (Lipinski definition) is 6. The fourth-order valence-electron chi connectivity index (χ4n) is 3.52. The van der Waals surface area contributed by atoms with Gasteiger partial charge in [-0.25, -0.2) is 4.98 Å². The smallest absolute Gasteiger partial charge is 0.222 e. The first-order chi connectivity index (χ1) is 9.31. The van der Waals surface area contributed by atoms with Crippen molar-refractivity contribution in [2.24, 2.45) is 11.8 Å². The van der Waals surface area contributed by atoms with Gasteiger partial charge in [-0.1, -0.05) is 0 Å². The Bertz CT molecular complexity index is 494. The molecule has 3 aliphatic rings. The van der Waals surface area contributed by atoms with Crippen molar-refractivity contribution in [2.75, 3.05) is 43.4 Å². The maximum Gasteiger partial charge on any atom is 0.222 e. The Balaban J connectivity index is 1.69. The van der Waals surface area contributed by atoms with Gasteiger partial charge in [-0.05, 0) is 11.8 Å². The van der Waals surface area contributed by atoms with Crippen LogP contribution in [0.5, 0.6) is 0 Å². The van der Waals surface area contributed by atoms with Crippen LogP contribution in [-0.4, -0.2) is 42.8 Å². The van der Waals surface area contributed by atoms with E-state index in [-0.39, 0.29) is 0 Å². The van der Waals surface area contributed by atoms with Gasteiger partial charge in [0.1, 0.15) is 5.82 Å². The Morgan fingerprint density at radius 2 is 2.00 bits per heavy atom. The molecule has 0 radical (unpaired) electrons. The Morgan fingerprint density at radius 3 is 2.79 bits per heavy atom. The van der Waals surface area contributed by atoms with Gasteiger partial charge in [0.25, 0.3) is 0 Å². The molecular weight excluding hydrogens is 242 g/mol. The van der Waals surface area contributed by atoms with E-state index in [0.717, 1.165) is 68.1 Å². The van der Waals surface area contributed by atoms with E-state index >= 15 is 0 Å². The molecule has 0 aliphatic carbocycles. The summed E-state index contributed by atoms with van der Waals surface area (Å²) < 4.78 is 5.57. The summed E-state index contributed by atoms with van der Waals surface area (Å²) in [4.78, 5) is 11.2. The van der Waals surface area contributed by atoms with E-state index in [1.165, 1.54) is 0 Å². The van der Waals surface area contributed by atoms with E-state index in [9.17, 15) is 0 Å². The molecule has 1 aromatic rings. The highest BCUT2D eigenvalue weighted by Gasteiger charge is 2.38. The Labute approximate surface area is 112 Å². The average Bonchev–Trinajstić information content (AvgIpc) is 2.98. The van der Waals surface area contributed by atoms with Crippen LogP contribution in [0.1, 0.15) is 11.3 Å². The molecule has 0 spiro atoms. The third kappa shape index (κ3) is 1.86. The fraction of sp³-hybridized carbons (Fsp3) is 0.692. The molecule has 2 fully saturated rings. The SMILES string of the molecule is Nc1nc2c(c(N3CC4CNCC4C3)n1)COCC2. The number of nitrogens with zero attached hydrogens (tertiary/aromatic N) is 3. The number of aromatic nitrogens is 2. The molecule has 102 valence electrons. The number of fused-ring (bicyclic) bond motifs is 2. The van der Waals surface area contributed by atoms with Gasteiger partial charge in [0, 0.05) is 38.2 Å². The highest BCUT2D eigenvalue weighted by atomic mass is 16.5. The molecule has 0 amide bonds. The number of nitrogen functional groups attached to an aromatic ring is 1. The predicted octanol–water partition coefficient (Wildman–Crippen LogP) is -0.213. The van der Waals surface area contributed by atoms with Crippen LogP contribution in [0.15, 0.2) is 0 Å². The largest absolute Gasteiger partial charge is 0.376 e. The second-order valence-electron chi connectivity index (χ2n) is 5.72. The van der Waals surface area contributed by atoms with Gasteiger partial charge in [0.15, 0.2) is 0 Å². The molecule has 0 aromatic carbocycles. The van der Waals surface area contributed by atoms with E-state index in [1.807, 2.05) is 0 Å². The lowest BCUT2D eigenvalue weighted by atomic mass is 10.0. The minimum absolute atomic E-state index is 0.394. The van der Waals surface area contributed by atoms with Crippen molar-refractivity contribution < 1.29 is 4.74 Å². The summed E-state index contributed by atoms with van der Waals surface area (Å²) in [5, 5.41) is 3.46. The van der Waals surface area contributed by atoms with Crippen molar-refractivity contribution in [3.05, 3.63) is 11.3 Å². The van der Waals surface area contributed by atoms with Gasteiger partial charge in [0.2, 0.25) is 5.95 Å². The van der Waals surface area contributed by atoms with Crippen LogP contribution in [0.25, 0.3) is 0 Å². The Hall–Kier alpha value is -1.40. The zero-order valence-electron chi connectivity index (χ0n) is 10.9. The van der Waals surface area contributed by atoms with Gasteiger partial charge in [0.05, 0.1) is 18.9 Å². The molecule has 0 saturated carbocycles. The van der Waals surface area contributed by atoms with Crippen LogP contribution in [0.4, 0.5) is 11.8 Å². The molecule has 6 heteroatoms. The molecule has 4 rings (SSSR count). The van der Waals surface area contributed by atoms with Gasteiger partial charge in [-0.2, -0.15) is 4.98 Å². The lowest BCUT2D eigenvalue weighted by molar-refractivity contribution is 0.109. The lowest BCUT2D eigenvalue weighted by Gasteiger charge is -2.25. The summed E-state index contributed by atoms with van der Waals surface area (Å²) in [6.07, 6.45) is 0.845. The van der Waals surface area contributed by atoms with E-state index in [2.05, 4.69) is 20.2 Å². The molecule has 1 aromatic heterocycles. The summed E-state index contributed by atoms with van der Waals surface area (Å²) in [6.45, 7) is 5.75. The number of ether oxygens (including phenoxy) is 1. The summed E-state index contributed by atoms with van der Waals surface area (Å²) in [5.74, 6) is 2.90. The molecule has 2 atom stereocenters. The summed E-state index contributed by atoms with van der Waals surface area (Å²) in [5.41, 5.74) is 8.08. The van der Waals surface area contributed by atoms with Crippen molar-refractivity contribution in [2.45, 2.75) is 13.0 Å². The molecule has 0 bridgehead atoms. The number of hydrogen-bond donors (Lipinski definition) is 2. The summed E-state index contributed by atoms with van der Waals surface area (Å²) in [6, 6.07) is 0. The van der Waals surface area contributed by atoms with Gasteiger partial charge in [-0.3, -0.25) is 0 Å². The Kier molecular flexibility index (Phi) is 2.60. The Morgan fingerprint density at radius 1 is 1.21 bits per heavy atom.